The lowest BCUT2D eigenvalue weighted by Gasteiger charge is -2.13. The number of ether oxygens (including phenoxy) is 3. The summed E-state index contributed by atoms with van der Waals surface area (Å²) in [4.78, 5) is 11.7. The standard InChI is InChI=1S/C12H13NO4.C2H6/c1-15-9-5-4-8(6-7-13)10(11(9)16-2)12(14)17-3;1-2/h4-5H,6H2,1-3H3;1-2H3. The van der Waals surface area contributed by atoms with Gasteiger partial charge in [0.1, 0.15) is 5.56 Å². The van der Waals surface area contributed by atoms with Gasteiger partial charge in [-0.25, -0.2) is 4.79 Å². The van der Waals surface area contributed by atoms with Crippen LogP contribution in [0.3, 0.4) is 0 Å². The van der Waals surface area contributed by atoms with E-state index in [1.165, 1.54) is 21.3 Å². The van der Waals surface area contributed by atoms with Crippen LogP contribution >= 0.6 is 0 Å². The van der Waals surface area contributed by atoms with E-state index in [1.807, 2.05) is 19.9 Å². The highest BCUT2D eigenvalue weighted by Crippen LogP contribution is 2.34. The van der Waals surface area contributed by atoms with Crippen LogP contribution in [-0.4, -0.2) is 27.3 Å². The fourth-order valence-electron chi connectivity index (χ4n) is 1.53. The average Bonchev–Trinajstić information content (AvgIpc) is 2.48. The summed E-state index contributed by atoms with van der Waals surface area (Å²) in [7, 11) is 4.18. The maximum absolute atomic E-state index is 11.7. The summed E-state index contributed by atoms with van der Waals surface area (Å²) in [5.41, 5.74) is 0.785. The van der Waals surface area contributed by atoms with Gasteiger partial charge in [-0.3, -0.25) is 0 Å². The second-order valence-electron chi connectivity index (χ2n) is 3.16. The Kier molecular flexibility index (Phi) is 7.78. The molecule has 0 aliphatic carbocycles. The molecule has 1 rings (SSSR count). The third-order valence-corrected chi connectivity index (χ3v) is 2.29. The minimum atomic E-state index is -0.550. The van der Waals surface area contributed by atoms with Crippen molar-refractivity contribution in [1.82, 2.24) is 0 Å². The number of carbonyl (C=O) groups excluding carboxylic acids is 1. The lowest BCUT2D eigenvalue weighted by molar-refractivity contribution is 0.0595. The molecule has 104 valence electrons. The number of nitrogens with zero attached hydrogens (tertiary/aromatic N) is 1. The monoisotopic (exact) mass is 265 g/mol. The van der Waals surface area contributed by atoms with Crippen LogP contribution in [0.15, 0.2) is 12.1 Å². The van der Waals surface area contributed by atoms with Gasteiger partial charge < -0.3 is 14.2 Å². The largest absolute Gasteiger partial charge is 0.493 e. The Hall–Kier alpha value is -2.22. The first kappa shape index (κ1) is 16.8. The Labute approximate surface area is 113 Å². The van der Waals surface area contributed by atoms with Gasteiger partial charge in [-0.2, -0.15) is 5.26 Å². The quantitative estimate of drug-likeness (QED) is 0.783. The summed E-state index contributed by atoms with van der Waals surface area (Å²) in [6.45, 7) is 4.00. The van der Waals surface area contributed by atoms with E-state index in [-0.39, 0.29) is 17.7 Å². The molecular formula is C14H19NO4. The Morgan fingerprint density at radius 3 is 2.26 bits per heavy atom. The summed E-state index contributed by atoms with van der Waals surface area (Å²) in [5.74, 6) is 0.160. The fraction of sp³-hybridized carbons (Fsp3) is 0.429. The van der Waals surface area contributed by atoms with Crippen LogP contribution in [0.25, 0.3) is 0 Å². The summed E-state index contributed by atoms with van der Waals surface area (Å²) < 4.78 is 14.9. The van der Waals surface area contributed by atoms with Crippen molar-refractivity contribution < 1.29 is 19.0 Å². The molecule has 0 bridgehead atoms. The van der Waals surface area contributed by atoms with E-state index in [0.29, 0.717) is 11.3 Å². The van der Waals surface area contributed by atoms with Crippen molar-refractivity contribution in [3.63, 3.8) is 0 Å². The zero-order chi connectivity index (χ0) is 14.8. The van der Waals surface area contributed by atoms with Gasteiger partial charge in [0.25, 0.3) is 0 Å². The Morgan fingerprint density at radius 2 is 1.84 bits per heavy atom. The van der Waals surface area contributed by atoms with E-state index in [1.54, 1.807) is 12.1 Å². The van der Waals surface area contributed by atoms with Gasteiger partial charge in [0.2, 0.25) is 0 Å². The van der Waals surface area contributed by atoms with Crippen LogP contribution in [0.4, 0.5) is 0 Å². The van der Waals surface area contributed by atoms with E-state index in [4.69, 9.17) is 14.7 Å². The highest BCUT2D eigenvalue weighted by atomic mass is 16.5. The summed E-state index contributed by atoms with van der Waals surface area (Å²) in [6.07, 6.45) is 0.102. The predicted molar refractivity (Wildman–Crippen MR) is 71.6 cm³/mol. The normalized spacial score (nSPS) is 8.63. The number of esters is 1. The molecule has 0 amide bonds. The maximum Gasteiger partial charge on any atom is 0.342 e. The number of rotatable bonds is 4. The molecule has 0 aromatic heterocycles. The van der Waals surface area contributed by atoms with Crippen LogP contribution in [0.1, 0.15) is 29.8 Å². The van der Waals surface area contributed by atoms with Crippen molar-refractivity contribution in [3.8, 4) is 17.6 Å². The van der Waals surface area contributed by atoms with Crippen molar-refractivity contribution in [3.05, 3.63) is 23.3 Å². The van der Waals surface area contributed by atoms with E-state index >= 15 is 0 Å². The minimum Gasteiger partial charge on any atom is -0.493 e. The first-order valence-electron chi connectivity index (χ1n) is 5.88. The molecule has 0 atom stereocenters. The van der Waals surface area contributed by atoms with Crippen LogP contribution in [-0.2, 0) is 11.2 Å². The molecule has 0 aliphatic rings. The molecule has 1 aromatic rings. The first-order valence-corrected chi connectivity index (χ1v) is 5.88. The second-order valence-corrected chi connectivity index (χ2v) is 3.16. The van der Waals surface area contributed by atoms with Crippen molar-refractivity contribution in [1.29, 1.82) is 5.26 Å². The van der Waals surface area contributed by atoms with E-state index in [0.717, 1.165) is 0 Å². The Morgan fingerprint density at radius 1 is 1.21 bits per heavy atom. The Balaban J connectivity index is 0.00000154. The molecule has 0 unspecified atom stereocenters. The van der Waals surface area contributed by atoms with Crippen molar-refractivity contribution in [2.24, 2.45) is 0 Å². The second kappa shape index (κ2) is 8.81. The third kappa shape index (κ3) is 3.88. The number of benzene rings is 1. The molecule has 1 aromatic carbocycles. The molecule has 0 spiro atoms. The SMILES string of the molecule is CC.COC(=O)c1c(CC#N)ccc(OC)c1OC. The highest BCUT2D eigenvalue weighted by molar-refractivity contribution is 5.95. The molecule has 0 saturated carbocycles. The van der Waals surface area contributed by atoms with Gasteiger partial charge in [-0.05, 0) is 11.6 Å². The summed E-state index contributed by atoms with van der Waals surface area (Å²) >= 11 is 0. The van der Waals surface area contributed by atoms with Gasteiger partial charge >= 0.3 is 5.97 Å². The highest BCUT2D eigenvalue weighted by Gasteiger charge is 2.21. The molecule has 19 heavy (non-hydrogen) atoms. The molecule has 0 radical (unpaired) electrons. The van der Waals surface area contributed by atoms with Crippen LogP contribution in [0.2, 0.25) is 0 Å². The first-order chi connectivity index (χ1) is 9.19. The van der Waals surface area contributed by atoms with Gasteiger partial charge in [0.05, 0.1) is 33.8 Å². The molecule has 0 heterocycles. The van der Waals surface area contributed by atoms with Crippen molar-refractivity contribution >= 4 is 5.97 Å². The zero-order valence-corrected chi connectivity index (χ0v) is 11.9. The molecule has 0 aliphatic heterocycles. The maximum atomic E-state index is 11.7. The van der Waals surface area contributed by atoms with E-state index in [2.05, 4.69) is 4.74 Å². The van der Waals surface area contributed by atoms with Crippen molar-refractivity contribution in [2.75, 3.05) is 21.3 Å². The molecule has 0 fully saturated rings. The van der Waals surface area contributed by atoms with Crippen LogP contribution in [0, 0.1) is 11.3 Å². The lowest BCUT2D eigenvalue weighted by Crippen LogP contribution is -2.09. The summed E-state index contributed by atoms with van der Waals surface area (Å²) in [5, 5.41) is 8.71. The lowest BCUT2D eigenvalue weighted by atomic mass is 10.0. The molecule has 0 saturated heterocycles. The van der Waals surface area contributed by atoms with Crippen LogP contribution < -0.4 is 9.47 Å². The smallest absolute Gasteiger partial charge is 0.342 e. The van der Waals surface area contributed by atoms with E-state index < -0.39 is 5.97 Å². The number of methoxy groups -OCH3 is 3. The van der Waals surface area contributed by atoms with Gasteiger partial charge in [-0.15, -0.1) is 0 Å². The zero-order valence-electron chi connectivity index (χ0n) is 11.9. The number of hydrogen-bond donors (Lipinski definition) is 0. The van der Waals surface area contributed by atoms with Gasteiger partial charge in [0, 0.05) is 0 Å². The Bertz CT molecular complexity index is 463. The number of nitriles is 1. The molecular weight excluding hydrogens is 246 g/mol. The van der Waals surface area contributed by atoms with Gasteiger partial charge in [0.15, 0.2) is 11.5 Å². The average molecular weight is 265 g/mol. The number of carbonyl (C=O) groups is 1. The molecule has 0 N–H and O–H groups in total. The third-order valence-electron chi connectivity index (χ3n) is 2.29. The summed E-state index contributed by atoms with van der Waals surface area (Å²) in [6, 6.07) is 5.29. The van der Waals surface area contributed by atoms with E-state index in [9.17, 15) is 4.79 Å². The molecule has 5 nitrogen and oxygen atoms in total. The number of hydrogen-bond acceptors (Lipinski definition) is 5. The van der Waals surface area contributed by atoms with Gasteiger partial charge in [-0.1, -0.05) is 19.9 Å². The van der Waals surface area contributed by atoms with Crippen molar-refractivity contribution in [2.45, 2.75) is 20.3 Å². The predicted octanol–water partition coefficient (Wildman–Crippen LogP) is 2.58. The minimum absolute atomic E-state index is 0.102. The topological polar surface area (TPSA) is 68.6 Å². The fourth-order valence-corrected chi connectivity index (χ4v) is 1.53. The molecule has 5 heteroatoms. The van der Waals surface area contributed by atoms with Crippen LogP contribution in [0.5, 0.6) is 11.5 Å².